The number of amides is 2. The van der Waals surface area contributed by atoms with Crippen molar-refractivity contribution in [2.45, 2.75) is 19.8 Å². The summed E-state index contributed by atoms with van der Waals surface area (Å²) in [6, 6.07) is 5.35. The van der Waals surface area contributed by atoms with Crippen molar-refractivity contribution in [2.24, 2.45) is 5.92 Å². The maximum atomic E-state index is 12.5. The number of benzene rings is 1. The summed E-state index contributed by atoms with van der Waals surface area (Å²) in [6.45, 7) is 2.93. The maximum Gasteiger partial charge on any atom is 0.308 e. The van der Waals surface area contributed by atoms with E-state index >= 15 is 0 Å². The molecule has 0 saturated carbocycles. The van der Waals surface area contributed by atoms with Gasteiger partial charge in [-0.2, -0.15) is 0 Å². The maximum absolute atomic E-state index is 12.5. The standard InChI is InChI=1S/C16H18N2O4/c1-10(19)18-7-5-11-8-12(2-3-14(11)18)15(20)17-6-4-13(9-17)16(21)22/h2-3,8,13H,4-7,9H2,1H3,(H,21,22)/t13-/m0/s1. The normalized spacial score (nSPS) is 20.1. The topological polar surface area (TPSA) is 77.9 Å². The molecule has 1 aromatic rings. The highest BCUT2D eigenvalue weighted by atomic mass is 16.4. The number of carboxylic acid groups (broad SMARTS) is 1. The molecular weight excluding hydrogens is 284 g/mol. The first-order chi connectivity index (χ1) is 10.5. The van der Waals surface area contributed by atoms with Gasteiger partial charge in [0.2, 0.25) is 5.91 Å². The number of anilines is 1. The Hall–Kier alpha value is -2.37. The summed E-state index contributed by atoms with van der Waals surface area (Å²) >= 11 is 0. The minimum atomic E-state index is -0.846. The van der Waals surface area contributed by atoms with Gasteiger partial charge in [-0.25, -0.2) is 0 Å². The first-order valence-corrected chi connectivity index (χ1v) is 7.40. The van der Waals surface area contributed by atoms with Crippen LogP contribution >= 0.6 is 0 Å². The van der Waals surface area contributed by atoms with Crippen LogP contribution in [0.25, 0.3) is 0 Å². The molecule has 3 rings (SSSR count). The second-order valence-electron chi connectivity index (χ2n) is 5.84. The average molecular weight is 302 g/mol. The zero-order valence-electron chi connectivity index (χ0n) is 12.4. The molecule has 6 heteroatoms. The van der Waals surface area contributed by atoms with E-state index in [0.29, 0.717) is 25.1 Å². The number of hydrogen-bond acceptors (Lipinski definition) is 3. The summed E-state index contributed by atoms with van der Waals surface area (Å²) in [6.07, 6.45) is 1.25. The number of likely N-dealkylation sites (tertiary alicyclic amines) is 1. The Morgan fingerprint density at radius 2 is 2.00 bits per heavy atom. The largest absolute Gasteiger partial charge is 0.481 e. The lowest BCUT2D eigenvalue weighted by atomic mass is 10.1. The van der Waals surface area contributed by atoms with Gasteiger partial charge in [0.15, 0.2) is 0 Å². The van der Waals surface area contributed by atoms with Crippen LogP contribution in [0.1, 0.15) is 29.3 Å². The summed E-state index contributed by atoms with van der Waals surface area (Å²) < 4.78 is 0. The average Bonchev–Trinajstić information content (AvgIpc) is 3.12. The van der Waals surface area contributed by atoms with Gasteiger partial charge >= 0.3 is 5.97 Å². The van der Waals surface area contributed by atoms with Crippen molar-refractivity contribution in [3.63, 3.8) is 0 Å². The molecule has 1 N–H and O–H groups in total. The van der Waals surface area contributed by atoms with E-state index < -0.39 is 11.9 Å². The SMILES string of the molecule is CC(=O)N1CCc2cc(C(=O)N3CC[C@H](C(=O)O)C3)ccc21. The van der Waals surface area contributed by atoms with Gasteiger partial charge in [-0.1, -0.05) is 0 Å². The third-order valence-electron chi connectivity index (χ3n) is 4.43. The van der Waals surface area contributed by atoms with Gasteiger partial charge in [0.05, 0.1) is 5.92 Å². The third-order valence-corrected chi connectivity index (χ3v) is 4.43. The summed E-state index contributed by atoms with van der Waals surface area (Å²) in [5.41, 5.74) is 2.43. The Labute approximate surface area is 128 Å². The van der Waals surface area contributed by atoms with Crippen molar-refractivity contribution in [2.75, 3.05) is 24.5 Å². The van der Waals surface area contributed by atoms with Crippen LogP contribution in [0, 0.1) is 5.92 Å². The number of aliphatic carboxylic acids is 1. The molecule has 1 saturated heterocycles. The second kappa shape index (κ2) is 5.44. The van der Waals surface area contributed by atoms with Crippen LogP contribution in [0.2, 0.25) is 0 Å². The monoisotopic (exact) mass is 302 g/mol. The molecule has 0 unspecified atom stereocenters. The molecule has 1 atom stereocenters. The molecule has 0 aliphatic carbocycles. The van der Waals surface area contributed by atoms with Crippen LogP contribution < -0.4 is 4.90 Å². The van der Waals surface area contributed by atoms with Crippen molar-refractivity contribution in [3.05, 3.63) is 29.3 Å². The van der Waals surface area contributed by atoms with Gasteiger partial charge in [0.25, 0.3) is 5.91 Å². The second-order valence-corrected chi connectivity index (χ2v) is 5.84. The van der Waals surface area contributed by atoms with Crippen LogP contribution in [0.5, 0.6) is 0 Å². The Morgan fingerprint density at radius 3 is 2.64 bits per heavy atom. The number of carbonyl (C=O) groups is 3. The van der Waals surface area contributed by atoms with Gasteiger partial charge in [-0.05, 0) is 36.6 Å². The molecule has 22 heavy (non-hydrogen) atoms. The van der Waals surface area contributed by atoms with E-state index in [2.05, 4.69) is 0 Å². The van der Waals surface area contributed by atoms with E-state index in [-0.39, 0.29) is 18.4 Å². The number of hydrogen-bond donors (Lipinski definition) is 1. The summed E-state index contributed by atoms with van der Waals surface area (Å²) in [7, 11) is 0. The lowest BCUT2D eigenvalue weighted by Gasteiger charge is -2.17. The Kier molecular flexibility index (Phi) is 3.60. The summed E-state index contributed by atoms with van der Waals surface area (Å²) in [5.74, 6) is -1.44. The lowest BCUT2D eigenvalue weighted by molar-refractivity contribution is -0.141. The molecule has 0 bridgehead atoms. The molecule has 0 radical (unpaired) electrons. The molecule has 116 valence electrons. The van der Waals surface area contributed by atoms with Crippen molar-refractivity contribution < 1.29 is 19.5 Å². The predicted octanol–water partition coefficient (Wildman–Crippen LogP) is 1.14. The van der Waals surface area contributed by atoms with Gasteiger partial charge < -0.3 is 14.9 Å². The highest BCUT2D eigenvalue weighted by Gasteiger charge is 2.32. The zero-order chi connectivity index (χ0) is 15.9. The fourth-order valence-electron chi connectivity index (χ4n) is 3.19. The molecule has 6 nitrogen and oxygen atoms in total. The van der Waals surface area contributed by atoms with Gasteiger partial charge in [0.1, 0.15) is 0 Å². The van der Waals surface area contributed by atoms with Gasteiger partial charge in [-0.15, -0.1) is 0 Å². The number of fused-ring (bicyclic) bond motifs is 1. The van der Waals surface area contributed by atoms with Crippen molar-refractivity contribution in [1.29, 1.82) is 0 Å². The first kappa shape index (κ1) is 14.6. The number of rotatable bonds is 2. The molecular formula is C16H18N2O4. The Bertz CT molecular complexity index is 656. The fraction of sp³-hybridized carbons (Fsp3) is 0.438. The van der Waals surface area contributed by atoms with Crippen LogP contribution in [-0.4, -0.2) is 47.4 Å². The van der Waals surface area contributed by atoms with Gasteiger partial charge in [0, 0.05) is 37.8 Å². The molecule has 2 amide bonds. The van der Waals surface area contributed by atoms with Crippen molar-refractivity contribution >= 4 is 23.5 Å². The Balaban J connectivity index is 1.78. The molecule has 0 aromatic heterocycles. The van der Waals surface area contributed by atoms with Crippen molar-refractivity contribution in [3.8, 4) is 0 Å². The molecule has 1 fully saturated rings. The number of nitrogens with zero attached hydrogens (tertiary/aromatic N) is 2. The smallest absolute Gasteiger partial charge is 0.308 e. The van der Waals surface area contributed by atoms with Crippen LogP contribution in [0.3, 0.4) is 0 Å². The van der Waals surface area contributed by atoms with Gasteiger partial charge in [-0.3, -0.25) is 14.4 Å². The highest BCUT2D eigenvalue weighted by Crippen LogP contribution is 2.30. The van der Waals surface area contributed by atoms with E-state index in [4.69, 9.17) is 5.11 Å². The summed E-state index contributed by atoms with van der Waals surface area (Å²) in [5, 5.41) is 9.02. The fourth-order valence-corrected chi connectivity index (χ4v) is 3.19. The van der Waals surface area contributed by atoms with Crippen LogP contribution in [0.4, 0.5) is 5.69 Å². The summed E-state index contributed by atoms with van der Waals surface area (Å²) in [4.78, 5) is 38.3. The minimum Gasteiger partial charge on any atom is -0.481 e. The van der Waals surface area contributed by atoms with Crippen LogP contribution in [-0.2, 0) is 16.0 Å². The molecule has 0 spiro atoms. The number of carbonyl (C=O) groups excluding carboxylic acids is 2. The van der Waals surface area contributed by atoms with E-state index in [1.165, 1.54) is 6.92 Å². The van der Waals surface area contributed by atoms with Crippen molar-refractivity contribution in [1.82, 2.24) is 4.90 Å². The zero-order valence-corrected chi connectivity index (χ0v) is 12.4. The quantitative estimate of drug-likeness (QED) is 0.888. The predicted molar refractivity (Wildman–Crippen MR) is 79.8 cm³/mol. The molecule has 2 aliphatic rings. The lowest BCUT2D eigenvalue weighted by Crippen LogP contribution is -2.30. The third kappa shape index (κ3) is 2.45. The molecule has 2 aliphatic heterocycles. The molecule has 1 aromatic carbocycles. The number of carboxylic acids is 1. The van der Waals surface area contributed by atoms with E-state index in [9.17, 15) is 14.4 Å². The highest BCUT2D eigenvalue weighted by molar-refractivity contribution is 5.98. The van der Waals surface area contributed by atoms with E-state index in [1.807, 2.05) is 12.1 Å². The Morgan fingerprint density at radius 1 is 1.23 bits per heavy atom. The van der Waals surface area contributed by atoms with Crippen LogP contribution in [0.15, 0.2) is 18.2 Å². The van der Waals surface area contributed by atoms with E-state index in [1.54, 1.807) is 15.9 Å². The van der Waals surface area contributed by atoms with E-state index in [0.717, 1.165) is 17.7 Å². The first-order valence-electron chi connectivity index (χ1n) is 7.40. The minimum absolute atomic E-state index is 0.00155. The molecule has 2 heterocycles.